The van der Waals surface area contributed by atoms with E-state index in [0.717, 1.165) is 45.9 Å². The number of carbonyl (C=O) groups is 1. The molecule has 172 valence electrons. The Labute approximate surface area is 201 Å². The van der Waals surface area contributed by atoms with Crippen LogP contribution in [0.25, 0.3) is 21.8 Å². The van der Waals surface area contributed by atoms with Gasteiger partial charge in [-0.3, -0.25) is 14.9 Å². The molecule has 0 spiro atoms. The number of carbonyl (C=O) groups excluding carboxylic acids is 1. The molecular formula is C28H23N5O2. The number of nitriles is 1. The number of amides is 1. The Morgan fingerprint density at radius 1 is 1.17 bits per heavy atom. The van der Waals surface area contributed by atoms with Crippen LogP contribution in [0.4, 0.5) is 5.69 Å². The number of hydrogen-bond acceptors (Lipinski definition) is 5. The number of aromatic amines is 1. The van der Waals surface area contributed by atoms with Crippen molar-refractivity contribution < 1.29 is 9.90 Å². The molecule has 4 aromatic rings. The lowest BCUT2D eigenvalue weighted by Gasteiger charge is -2.29. The monoisotopic (exact) mass is 461 g/mol. The van der Waals surface area contributed by atoms with Crippen molar-refractivity contribution in [3.8, 4) is 6.07 Å². The number of aromatic nitrogens is 3. The molecule has 2 aromatic heterocycles. The Kier molecular flexibility index (Phi) is 5.07. The number of hydrogen-bond donors (Lipinski definition) is 3. The molecule has 0 saturated carbocycles. The van der Waals surface area contributed by atoms with E-state index in [4.69, 9.17) is 10.2 Å². The molecule has 3 N–H and O–H groups in total. The summed E-state index contributed by atoms with van der Waals surface area (Å²) in [4.78, 5) is 18.3. The minimum atomic E-state index is -0.184. The molecule has 7 nitrogen and oxygen atoms in total. The predicted octanol–water partition coefficient (Wildman–Crippen LogP) is 5.21. The van der Waals surface area contributed by atoms with Crippen molar-refractivity contribution in [1.29, 1.82) is 5.26 Å². The third-order valence-electron chi connectivity index (χ3n) is 7.10. The third kappa shape index (κ3) is 3.73. The van der Waals surface area contributed by atoms with E-state index in [9.17, 15) is 9.90 Å². The first kappa shape index (κ1) is 21.1. The first-order valence-electron chi connectivity index (χ1n) is 11.8. The number of benzene rings is 2. The van der Waals surface area contributed by atoms with Crippen molar-refractivity contribution in [1.82, 2.24) is 15.2 Å². The molecule has 2 atom stereocenters. The number of aliphatic hydroxyl groups is 1. The first-order chi connectivity index (χ1) is 17.1. The Hall–Kier alpha value is -4.44. The Morgan fingerprint density at radius 3 is 2.80 bits per heavy atom. The molecule has 6 rings (SSSR count). The van der Waals surface area contributed by atoms with Crippen LogP contribution < -0.4 is 5.32 Å². The fourth-order valence-electron chi connectivity index (χ4n) is 5.30. The summed E-state index contributed by atoms with van der Waals surface area (Å²) in [6, 6.07) is 13.1. The largest absolute Gasteiger partial charge is 0.508 e. The van der Waals surface area contributed by atoms with E-state index in [1.165, 1.54) is 5.56 Å². The van der Waals surface area contributed by atoms with Crippen LogP contribution in [0.2, 0.25) is 0 Å². The average molecular weight is 462 g/mol. The lowest BCUT2D eigenvalue weighted by molar-refractivity contribution is -0.120. The predicted molar refractivity (Wildman–Crippen MR) is 134 cm³/mol. The van der Waals surface area contributed by atoms with Crippen LogP contribution in [0, 0.1) is 17.2 Å². The molecule has 2 heterocycles. The van der Waals surface area contributed by atoms with Crippen LogP contribution in [0.15, 0.2) is 66.6 Å². The number of allylic oxidation sites excluding steroid dienone is 3. The van der Waals surface area contributed by atoms with Gasteiger partial charge in [0.15, 0.2) is 0 Å². The number of fused-ring (bicyclic) bond motifs is 5. The van der Waals surface area contributed by atoms with Gasteiger partial charge in [0.1, 0.15) is 5.76 Å². The fourth-order valence-corrected chi connectivity index (χ4v) is 5.30. The summed E-state index contributed by atoms with van der Waals surface area (Å²) >= 11 is 0. The Balaban J connectivity index is 1.40. The number of rotatable bonds is 3. The molecule has 0 radical (unpaired) electrons. The second-order valence-electron chi connectivity index (χ2n) is 9.19. The van der Waals surface area contributed by atoms with E-state index in [-0.39, 0.29) is 23.5 Å². The highest BCUT2D eigenvalue weighted by atomic mass is 16.3. The van der Waals surface area contributed by atoms with Gasteiger partial charge in [0.05, 0.1) is 34.6 Å². The van der Waals surface area contributed by atoms with Crippen LogP contribution >= 0.6 is 0 Å². The van der Waals surface area contributed by atoms with Gasteiger partial charge in [-0.1, -0.05) is 6.08 Å². The highest BCUT2D eigenvalue weighted by Crippen LogP contribution is 2.40. The van der Waals surface area contributed by atoms with E-state index in [1.54, 1.807) is 30.3 Å². The fraction of sp³-hybridized carbons (Fsp3) is 0.214. The maximum absolute atomic E-state index is 13.2. The van der Waals surface area contributed by atoms with Crippen LogP contribution in [-0.4, -0.2) is 26.2 Å². The van der Waals surface area contributed by atoms with Crippen LogP contribution in [0.3, 0.4) is 0 Å². The Morgan fingerprint density at radius 2 is 2.03 bits per heavy atom. The summed E-state index contributed by atoms with van der Waals surface area (Å²) in [6.07, 6.45) is 10.2. The van der Waals surface area contributed by atoms with Crippen molar-refractivity contribution in [3.63, 3.8) is 0 Å². The highest BCUT2D eigenvalue weighted by Gasteiger charge is 2.31. The van der Waals surface area contributed by atoms with Gasteiger partial charge in [-0.25, -0.2) is 0 Å². The van der Waals surface area contributed by atoms with Gasteiger partial charge in [0.25, 0.3) is 0 Å². The van der Waals surface area contributed by atoms with E-state index in [1.807, 2.05) is 30.5 Å². The molecule has 2 aliphatic carbocycles. The van der Waals surface area contributed by atoms with Crippen molar-refractivity contribution in [3.05, 3.63) is 89.0 Å². The van der Waals surface area contributed by atoms with E-state index < -0.39 is 0 Å². The number of nitrogens with one attached hydrogen (secondary N) is 2. The smallest absolute Gasteiger partial charge is 0.227 e. The molecule has 0 saturated heterocycles. The zero-order chi connectivity index (χ0) is 23.9. The van der Waals surface area contributed by atoms with Gasteiger partial charge in [-0.15, -0.1) is 0 Å². The normalized spacial score (nSPS) is 19.2. The van der Waals surface area contributed by atoms with Crippen molar-refractivity contribution >= 4 is 33.4 Å². The second-order valence-corrected chi connectivity index (χ2v) is 9.19. The van der Waals surface area contributed by atoms with E-state index in [2.05, 4.69) is 21.6 Å². The topological polar surface area (TPSA) is 115 Å². The molecule has 7 heteroatoms. The summed E-state index contributed by atoms with van der Waals surface area (Å²) in [5, 5.41) is 31.3. The van der Waals surface area contributed by atoms with Gasteiger partial charge in [-0.2, -0.15) is 10.4 Å². The summed E-state index contributed by atoms with van der Waals surface area (Å²) < 4.78 is 0. The molecule has 0 aliphatic heterocycles. The molecule has 2 unspecified atom stereocenters. The molecule has 0 bridgehead atoms. The van der Waals surface area contributed by atoms with Crippen LogP contribution in [0.1, 0.15) is 41.1 Å². The molecule has 2 aliphatic rings. The summed E-state index contributed by atoms with van der Waals surface area (Å²) in [5.74, 6) is 0.112. The molecule has 1 amide bonds. The molecule has 35 heavy (non-hydrogen) atoms. The summed E-state index contributed by atoms with van der Waals surface area (Å²) in [5.41, 5.74) is 6.50. The first-order valence-corrected chi connectivity index (χ1v) is 11.8. The van der Waals surface area contributed by atoms with Gasteiger partial charge in [0, 0.05) is 28.3 Å². The van der Waals surface area contributed by atoms with E-state index in [0.29, 0.717) is 24.1 Å². The number of aryl methyl sites for hydroxylation is 1. The highest BCUT2D eigenvalue weighted by molar-refractivity contribution is 6.07. The third-order valence-corrected chi connectivity index (χ3v) is 7.10. The lowest BCUT2D eigenvalue weighted by Crippen LogP contribution is -2.29. The van der Waals surface area contributed by atoms with Gasteiger partial charge >= 0.3 is 0 Å². The quantitative estimate of drug-likeness (QED) is 0.387. The maximum Gasteiger partial charge on any atom is 0.227 e. The zero-order valence-corrected chi connectivity index (χ0v) is 19.0. The average Bonchev–Trinajstić information content (AvgIpc) is 3.38. The van der Waals surface area contributed by atoms with Gasteiger partial charge < -0.3 is 10.4 Å². The van der Waals surface area contributed by atoms with E-state index >= 15 is 0 Å². The number of nitrogens with zero attached hydrogens (tertiary/aromatic N) is 3. The van der Waals surface area contributed by atoms with Crippen molar-refractivity contribution in [2.45, 2.75) is 31.6 Å². The maximum atomic E-state index is 13.2. The SMILES string of the molecule is N#Cc1ccc(NC(=O)C2CCc3c(c(C4C=CC(O)=CC4)nc4ccc5[nH]ncc5c34)C2)cc1. The zero-order valence-electron chi connectivity index (χ0n) is 19.0. The van der Waals surface area contributed by atoms with Crippen LogP contribution in [-0.2, 0) is 17.6 Å². The Bertz CT molecular complexity index is 1570. The summed E-state index contributed by atoms with van der Waals surface area (Å²) in [7, 11) is 0. The molecule has 0 fully saturated rings. The minimum absolute atomic E-state index is 0.0235. The standard InChI is InChI=1S/C28H23N5O2/c29-14-16-1-6-19(7-2-16)31-28(35)18-5-10-21-22(13-18)27(17-3-8-20(34)9-4-17)32-25-12-11-24-23(26(21)25)15-30-33-24/h1-3,6-9,11-12,15,17-18,34H,4-5,10,13H2,(H,30,33)(H,31,35). The van der Waals surface area contributed by atoms with Crippen molar-refractivity contribution in [2.75, 3.05) is 5.32 Å². The number of anilines is 1. The van der Waals surface area contributed by atoms with Gasteiger partial charge in [0.2, 0.25) is 5.91 Å². The second kappa shape index (κ2) is 8.41. The summed E-state index contributed by atoms with van der Waals surface area (Å²) in [6.45, 7) is 0. The number of pyridine rings is 1. The molecule has 2 aromatic carbocycles. The van der Waals surface area contributed by atoms with Gasteiger partial charge in [-0.05, 0) is 85.4 Å². The number of H-pyrrole nitrogens is 1. The molecular weight excluding hydrogens is 438 g/mol. The van der Waals surface area contributed by atoms with Crippen LogP contribution in [0.5, 0.6) is 0 Å². The minimum Gasteiger partial charge on any atom is -0.508 e. The lowest BCUT2D eigenvalue weighted by atomic mass is 9.78. The van der Waals surface area contributed by atoms with Crippen molar-refractivity contribution in [2.24, 2.45) is 5.92 Å². The number of aliphatic hydroxyl groups excluding tert-OH is 1.